The molecule has 9 heteroatoms. The summed E-state index contributed by atoms with van der Waals surface area (Å²) in [5, 5.41) is 12.2. The van der Waals surface area contributed by atoms with E-state index in [1.54, 1.807) is 6.92 Å². The fourth-order valence-electron chi connectivity index (χ4n) is 3.06. The van der Waals surface area contributed by atoms with Gasteiger partial charge in [0, 0.05) is 11.9 Å². The smallest absolute Gasteiger partial charge is 0.341 e. The summed E-state index contributed by atoms with van der Waals surface area (Å²) in [5.41, 5.74) is 1.58. The van der Waals surface area contributed by atoms with Gasteiger partial charge in [-0.25, -0.2) is 4.79 Å². The van der Waals surface area contributed by atoms with Crippen LogP contribution in [0.15, 0.2) is 5.16 Å². The average Bonchev–Trinajstić information content (AvgIpc) is 3.13. The van der Waals surface area contributed by atoms with Crippen LogP contribution in [0.3, 0.4) is 0 Å². The molecular formula is C18H24N4O3S2. The van der Waals surface area contributed by atoms with Crippen molar-refractivity contribution >= 4 is 40.0 Å². The highest BCUT2D eigenvalue weighted by molar-refractivity contribution is 7.99. The highest BCUT2D eigenvalue weighted by Gasteiger charge is 2.29. The van der Waals surface area contributed by atoms with Crippen LogP contribution in [0.4, 0.5) is 5.00 Å². The predicted octanol–water partition coefficient (Wildman–Crippen LogP) is 3.22. The molecule has 2 aromatic heterocycles. The molecule has 7 nitrogen and oxygen atoms in total. The first-order chi connectivity index (χ1) is 12.9. The third kappa shape index (κ3) is 4.35. The summed E-state index contributed by atoms with van der Waals surface area (Å²) < 4.78 is 7.08. The molecule has 1 unspecified atom stereocenters. The Morgan fingerprint density at radius 1 is 1.41 bits per heavy atom. The highest BCUT2D eigenvalue weighted by Crippen LogP contribution is 2.40. The fraction of sp³-hybridized carbons (Fsp3) is 0.556. The Kier molecular flexibility index (Phi) is 6.21. The number of carbonyl (C=O) groups is 2. The Balaban J connectivity index is 1.76. The molecule has 0 saturated heterocycles. The Labute approximate surface area is 166 Å². The quantitative estimate of drug-likeness (QED) is 0.583. The van der Waals surface area contributed by atoms with E-state index < -0.39 is 0 Å². The summed E-state index contributed by atoms with van der Waals surface area (Å²) in [4.78, 5) is 26.2. The number of thioether (sulfide) groups is 1. The summed E-state index contributed by atoms with van der Waals surface area (Å²) in [7, 11) is 1.86. The fourth-order valence-corrected chi connectivity index (χ4v) is 5.24. The zero-order chi connectivity index (χ0) is 19.6. The lowest BCUT2D eigenvalue weighted by Gasteiger charge is -2.18. The minimum atomic E-state index is -0.351. The van der Waals surface area contributed by atoms with Crippen LogP contribution in [-0.4, -0.2) is 39.0 Å². The summed E-state index contributed by atoms with van der Waals surface area (Å²) >= 11 is 2.82. The van der Waals surface area contributed by atoms with Crippen molar-refractivity contribution in [2.75, 3.05) is 17.7 Å². The minimum absolute atomic E-state index is 0.169. The topological polar surface area (TPSA) is 86.1 Å². The molecule has 1 atom stereocenters. The van der Waals surface area contributed by atoms with E-state index in [0.717, 1.165) is 30.7 Å². The molecule has 0 aromatic carbocycles. The summed E-state index contributed by atoms with van der Waals surface area (Å²) in [6.07, 6.45) is 2.84. The third-order valence-corrected chi connectivity index (χ3v) is 6.82. The molecule has 0 saturated carbocycles. The molecule has 1 amide bonds. The molecule has 1 N–H and O–H groups in total. The van der Waals surface area contributed by atoms with E-state index in [2.05, 4.69) is 22.4 Å². The number of hydrogen-bond donors (Lipinski definition) is 1. The SMILES string of the molecule is CCOC(=O)c1c(NC(=O)CSc2nnc(C)n2C)sc2c1CCC(C)C2. The zero-order valence-electron chi connectivity index (χ0n) is 16.0. The Bertz CT molecular complexity index is 859. The van der Waals surface area contributed by atoms with E-state index in [-0.39, 0.29) is 17.6 Å². The number of anilines is 1. The standard InChI is InChI=1S/C18H24N4O3S2/c1-5-25-17(24)15-12-7-6-10(2)8-13(12)27-16(15)19-14(23)9-26-18-21-20-11(3)22(18)4/h10H,5-9H2,1-4H3,(H,19,23). The lowest BCUT2D eigenvalue weighted by atomic mass is 9.88. The second-order valence-electron chi connectivity index (χ2n) is 6.70. The van der Waals surface area contributed by atoms with Crippen molar-refractivity contribution in [3.63, 3.8) is 0 Å². The van der Waals surface area contributed by atoms with Gasteiger partial charge in [-0.3, -0.25) is 4.79 Å². The largest absolute Gasteiger partial charge is 0.462 e. The van der Waals surface area contributed by atoms with Gasteiger partial charge in [0.15, 0.2) is 5.16 Å². The summed E-state index contributed by atoms with van der Waals surface area (Å²) in [6.45, 7) is 6.18. The molecule has 0 fully saturated rings. The molecule has 1 aliphatic rings. The lowest BCUT2D eigenvalue weighted by Crippen LogP contribution is -2.18. The molecule has 27 heavy (non-hydrogen) atoms. The number of rotatable bonds is 6. The van der Waals surface area contributed by atoms with E-state index in [4.69, 9.17) is 4.74 Å². The number of esters is 1. The van der Waals surface area contributed by atoms with Gasteiger partial charge in [0.05, 0.1) is 17.9 Å². The van der Waals surface area contributed by atoms with Crippen molar-refractivity contribution in [2.45, 2.75) is 45.2 Å². The van der Waals surface area contributed by atoms with Crippen molar-refractivity contribution in [2.24, 2.45) is 13.0 Å². The Hall–Kier alpha value is -1.87. The molecule has 0 aliphatic heterocycles. The minimum Gasteiger partial charge on any atom is -0.462 e. The second kappa shape index (κ2) is 8.43. The van der Waals surface area contributed by atoms with Crippen LogP contribution in [0, 0.1) is 12.8 Å². The zero-order valence-corrected chi connectivity index (χ0v) is 17.6. The maximum Gasteiger partial charge on any atom is 0.341 e. The molecule has 3 rings (SSSR count). The number of aromatic nitrogens is 3. The first-order valence-electron chi connectivity index (χ1n) is 9.01. The van der Waals surface area contributed by atoms with Crippen LogP contribution in [0.25, 0.3) is 0 Å². The highest BCUT2D eigenvalue weighted by atomic mass is 32.2. The van der Waals surface area contributed by atoms with Crippen LogP contribution in [-0.2, 0) is 29.4 Å². The van der Waals surface area contributed by atoms with Gasteiger partial charge in [0.25, 0.3) is 0 Å². The second-order valence-corrected chi connectivity index (χ2v) is 8.75. The van der Waals surface area contributed by atoms with Gasteiger partial charge in [-0.05, 0) is 44.6 Å². The summed E-state index contributed by atoms with van der Waals surface area (Å²) in [6, 6.07) is 0. The number of ether oxygens (including phenoxy) is 1. The van der Waals surface area contributed by atoms with E-state index in [1.807, 2.05) is 18.5 Å². The maximum absolute atomic E-state index is 12.5. The molecule has 146 valence electrons. The van der Waals surface area contributed by atoms with Crippen molar-refractivity contribution < 1.29 is 14.3 Å². The molecule has 1 aliphatic carbocycles. The number of amides is 1. The first kappa shape index (κ1) is 19.9. The van der Waals surface area contributed by atoms with Gasteiger partial charge in [-0.15, -0.1) is 21.5 Å². The lowest BCUT2D eigenvalue weighted by molar-refractivity contribution is -0.113. The van der Waals surface area contributed by atoms with Gasteiger partial charge in [-0.1, -0.05) is 18.7 Å². The van der Waals surface area contributed by atoms with E-state index in [1.165, 1.54) is 28.0 Å². The first-order valence-corrected chi connectivity index (χ1v) is 10.8. The molecule has 0 spiro atoms. The Morgan fingerprint density at radius 3 is 2.85 bits per heavy atom. The van der Waals surface area contributed by atoms with Crippen LogP contribution < -0.4 is 5.32 Å². The summed E-state index contributed by atoms with van der Waals surface area (Å²) in [5.74, 6) is 1.06. The average molecular weight is 409 g/mol. The number of nitrogens with one attached hydrogen (secondary N) is 1. The van der Waals surface area contributed by atoms with Crippen LogP contribution in [0.2, 0.25) is 0 Å². The molecule has 2 aromatic rings. The van der Waals surface area contributed by atoms with Gasteiger partial charge >= 0.3 is 5.97 Å². The number of hydrogen-bond acceptors (Lipinski definition) is 7. The van der Waals surface area contributed by atoms with Crippen LogP contribution in [0.5, 0.6) is 0 Å². The van der Waals surface area contributed by atoms with Crippen LogP contribution in [0.1, 0.15) is 46.9 Å². The van der Waals surface area contributed by atoms with E-state index in [9.17, 15) is 9.59 Å². The van der Waals surface area contributed by atoms with Crippen molar-refractivity contribution in [3.05, 3.63) is 21.8 Å². The van der Waals surface area contributed by atoms with Crippen molar-refractivity contribution in [3.8, 4) is 0 Å². The molecular weight excluding hydrogens is 384 g/mol. The number of aryl methyl sites for hydroxylation is 1. The number of thiophene rings is 1. The predicted molar refractivity (Wildman–Crippen MR) is 107 cm³/mol. The molecule has 2 heterocycles. The number of fused-ring (bicyclic) bond motifs is 1. The Morgan fingerprint density at radius 2 is 2.19 bits per heavy atom. The van der Waals surface area contributed by atoms with E-state index >= 15 is 0 Å². The van der Waals surface area contributed by atoms with Crippen molar-refractivity contribution in [1.29, 1.82) is 0 Å². The van der Waals surface area contributed by atoms with E-state index in [0.29, 0.717) is 28.2 Å². The monoisotopic (exact) mass is 408 g/mol. The van der Waals surface area contributed by atoms with Gasteiger partial charge in [0.2, 0.25) is 5.91 Å². The van der Waals surface area contributed by atoms with Crippen LogP contribution >= 0.6 is 23.1 Å². The van der Waals surface area contributed by atoms with Gasteiger partial charge in [0.1, 0.15) is 10.8 Å². The number of nitrogens with zero attached hydrogens (tertiary/aromatic N) is 3. The maximum atomic E-state index is 12.5. The third-order valence-electron chi connectivity index (χ3n) is 4.63. The normalized spacial score (nSPS) is 16.1. The van der Waals surface area contributed by atoms with Gasteiger partial charge in [-0.2, -0.15) is 0 Å². The number of carbonyl (C=O) groups excluding carboxylic acids is 2. The van der Waals surface area contributed by atoms with Gasteiger partial charge < -0.3 is 14.6 Å². The molecule has 0 bridgehead atoms. The molecule has 0 radical (unpaired) electrons. The van der Waals surface area contributed by atoms with Crippen molar-refractivity contribution in [1.82, 2.24) is 14.8 Å².